The van der Waals surface area contributed by atoms with Crippen molar-refractivity contribution in [3.8, 4) is 5.75 Å². The number of ether oxygens (including phenoxy) is 1. The van der Waals surface area contributed by atoms with Gasteiger partial charge in [-0.2, -0.15) is 0 Å². The maximum absolute atomic E-state index is 14.0. The Hall–Kier alpha value is -3.90. The highest BCUT2D eigenvalue weighted by Gasteiger charge is 2.70. The number of H-pyrrole nitrogens is 1. The fourth-order valence-electron chi connectivity index (χ4n) is 7.74. The second kappa shape index (κ2) is 10.4. The first kappa shape index (κ1) is 27.9. The zero-order chi connectivity index (χ0) is 30.2. The van der Waals surface area contributed by atoms with Gasteiger partial charge in [0.1, 0.15) is 11.8 Å². The summed E-state index contributed by atoms with van der Waals surface area (Å²) in [7, 11) is 0. The number of esters is 1. The van der Waals surface area contributed by atoms with Crippen molar-refractivity contribution in [2.24, 2.45) is 29.6 Å². The van der Waals surface area contributed by atoms with Crippen LogP contribution in [0.2, 0.25) is 0 Å². The molecule has 1 aromatic heterocycles. The van der Waals surface area contributed by atoms with E-state index in [9.17, 15) is 29.1 Å². The Bertz CT molecular complexity index is 1700. The Morgan fingerprint density at radius 1 is 1.05 bits per heavy atom. The Labute approximate surface area is 254 Å². The topological polar surface area (TPSA) is 146 Å². The molecule has 2 aliphatic heterocycles. The molecule has 2 saturated carbocycles. The molecule has 8 atom stereocenters. The summed E-state index contributed by atoms with van der Waals surface area (Å²) in [5.41, 5.74) is 1.75. The van der Waals surface area contributed by atoms with Crippen molar-refractivity contribution >= 4 is 52.5 Å². The Kier molecular flexibility index (Phi) is 6.73. The fourth-order valence-corrected chi connectivity index (χ4v) is 10.6. The molecule has 2 bridgehead atoms. The number of benzene rings is 2. The lowest BCUT2D eigenvalue weighted by Gasteiger charge is -2.43. The van der Waals surface area contributed by atoms with Gasteiger partial charge in [-0.15, -0.1) is 11.8 Å². The zero-order valence-corrected chi connectivity index (χ0v) is 24.9. The van der Waals surface area contributed by atoms with Gasteiger partial charge >= 0.3 is 10.8 Å². The van der Waals surface area contributed by atoms with Crippen LogP contribution in [-0.4, -0.2) is 56.6 Å². The number of nitrogens with one attached hydrogen (secondary N) is 2. The number of aromatic nitrogens is 1. The van der Waals surface area contributed by atoms with E-state index in [1.54, 1.807) is 62.0 Å². The first-order valence-electron chi connectivity index (χ1n) is 14.3. The molecule has 0 spiro atoms. The molecule has 3 N–H and O–H groups in total. The first-order chi connectivity index (χ1) is 20.7. The lowest BCUT2D eigenvalue weighted by molar-refractivity contribution is -0.146. The number of amides is 3. The third-order valence-corrected chi connectivity index (χ3v) is 12.0. The Balaban J connectivity index is 1.14. The predicted octanol–water partition coefficient (Wildman–Crippen LogP) is 3.82. The van der Waals surface area contributed by atoms with Crippen molar-refractivity contribution in [1.82, 2.24) is 9.88 Å². The highest BCUT2D eigenvalue weighted by atomic mass is 32.2. The summed E-state index contributed by atoms with van der Waals surface area (Å²) in [6, 6.07) is 12.2. The van der Waals surface area contributed by atoms with Crippen LogP contribution in [0, 0.1) is 29.6 Å². The summed E-state index contributed by atoms with van der Waals surface area (Å²) in [6.45, 7) is 3.53. The smallest absolute Gasteiger partial charge is 0.338 e. The maximum atomic E-state index is 14.0. The number of thiazole rings is 1. The molecule has 1 saturated heterocycles. The molecule has 43 heavy (non-hydrogen) atoms. The third-order valence-electron chi connectivity index (χ3n) is 9.44. The number of carbonyl (C=O) groups excluding carboxylic acids is 4. The van der Waals surface area contributed by atoms with Gasteiger partial charge in [-0.25, -0.2) is 4.79 Å². The van der Waals surface area contributed by atoms with E-state index in [0.29, 0.717) is 11.3 Å². The fraction of sp³-hybridized carbons (Fsp3) is 0.387. The van der Waals surface area contributed by atoms with Gasteiger partial charge in [0.15, 0.2) is 0 Å². The number of rotatable bonds is 6. The van der Waals surface area contributed by atoms with Crippen molar-refractivity contribution in [3.63, 3.8) is 0 Å². The highest BCUT2D eigenvalue weighted by Crippen LogP contribution is 2.68. The molecular formula is C31H29N3O7S2. The van der Waals surface area contributed by atoms with Crippen LogP contribution in [0.4, 0.5) is 5.69 Å². The van der Waals surface area contributed by atoms with Gasteiger partial charge in [0.05, 0.1) is 29.0 Å². The van der Waals surface area contributed by atoms with E-state index in [1.165, 1.54) is 11.3 Å². The van der Waals surface area contributed by atoms with Gasteiger partial charge in [0.25, 0.3) is 0 Å². The van der Waals surface area contributed by atoms with Crippen molar-refractivity contribution < 1.29 is 29.0 Å². The number of nitrogens with zero attached hydrogens (tertiary/aromatic N) is 1. The molecule has 3 heterocycles. The average molecular weight is 620 g/mol. The molecule has 3 amide bonds. The van der Waals surface area contributed by atoms with Crippen LogP contribution < -0.4 is 10.2 Å². The molecule has 2 aromatic carbocycles. The number of imide groups is 1. The van der Waals surface area contributed by atoms with E-state index in [1.807, 2.05) is 12.1 Å². The van der Waals surface area contributed by atoms with Gasteiger partial charge in [-0.3, -0.25) is 24.1 Å². The quantitative estimate of drug-likeness (QED) is 0.279. The molecule has 4 aliphatic rings. The molecule has 222 valence electrons. The summed E-state index contributed by atoms with van der Waals surface area (Å²) in [5.74, 6) is -2.71. The van der Waals surface area contributed by atoms with Crippen LogP contribution in [0.1, 0.15) is 47.0 Å². The second-order valence-electron chi connectivity index (χ2n) is 11.6. The second-order valence-corrected chi connectivity index (χ2v) is 13.8. The Morgan fingerprint density at radius 3 is 2.40 bits per heavy atom. The lowest BCUT2D eigenvalue weighted by Crippen LogP contribution is -2.46. The van der Waals surface area contributed by atoms with E-state index >= 15 is 0 Å². The lowest BCUT2D eigenvalue weighted by atomic mass is 9.68. The number of hydrogen-bond acceptors (Lipinski definition) is 9. The summed E-state index contributed by atoms with van der Waals surface area (Å²) in [4.78, 5) is 70.4. The number of thioether (sulfide) groups is 1. The largest absolute Gasteiger partial charge is 0.508 e. The van der Waals surface area contributed by atoms with E-state index in [4.69, 9.17) is 4.74 Å². The SMILES string of the molecule is CCOC(=O)c1ccc(NC(=O)C(C)N2C(=O)C3C4CC(C3C2=O)C2C(c3ccc(O)cc3)c3sc(=O)[nH]c3SC42)cc1. The van der Waals surface area contributed by atoms with Gasteiger partial charge in [-0.1, -0.05) is 23.5 Å². The normalized spacial score (nSPS) is 29.2. The molecular weight excluding hydrogens is 590 g/mol. The number of phenols is 1. The van der Waals surface area contributed by atoms with Crippen molar-refractivity contribution in [1.29, 1.82) is 0 Å². The van der Waals surface area contributed by atoms with Gasteiger partial charge < -0.3 is 20.1 Å². The summed E-state index contributed by atoms with van der Waals surface area (Å²) in [6.07, 6.45) is 0.740. The van der Waals surface area contributed by atoms with Crippen LogP contribution in [0.15, 0.2) is 58.4 Å². The number of likely N-dealkylation sites (tertiary alicyclic amines) is 1. The van der Waals surface area contributed by atoms with Gasteiger partial charge in [0.2, 0.25) is 17.7 Å². The molecule has 2 aliphatic carbocycles. The number of carbonyl (C=O) groups is 4. The zero-order valence-electron chi connectivity index (χ0n) is 23.3. The molecule has 10 nitrogen and oxygen atoms in total. The maximum Gasteiger partial charge on any atom is 0.338 e. The van der Waals surface area contributed by atoms with Crippen molar-refractivity contribution in [2.45, 2.75) is 42.5 Å². The minimum Gasteiger partial charge on any atom is -0.508 e. The van der Waals surface area contributed by atoms with Crippen LogP contribution in [0.3, 0.4) is 0 Å². The molecule has 7 rings (SSSR count). The predicted molar refractivity (Wildman–Crippen MR) is 159 cm³/mol. The molecule has 8 unspecified atom stereocenters. The minimum atomic E-state index is -1.02. The number of aromatic amines is 1. The van der Waals surface area contributed by atoms with E-state index in [2.05, 4.69) is 10.3 Å². The van der Waals surface area contributed by atoms with Crippen molar-refractivity contribution in [3.05, 3.63) is 74.2 Å². The monoisotopic (exact) mass is 619 g/mol. The van der Waals surface area contributed by atoms with Crippen LogP contribution in [0.5, 0.6) is 5.75 Å². The standard InChI is InChI=1S/C31H29N3O7S2/c1-3-41-30(39)15-4-8-16(9-5-15)32-26(36)13(2)34-28(37)22-18-12-19(23(22)29(34)38)24-21(18)20(14-6-10-17(35)11-7-14)25-27(42-24)33-31(40)43-25/h4-11,13,18-24,35H,3,12H2,1-2H3,(H,32,36)(H,33,40). The molecule has 3 aromatic rings. The summed E-state index contributed by atoms with van der Waals surface area (Å²) in [5, 5.41) is 13.5. The van der Waals surface area contributed by atoms with E-state index in [0.717, 1.165) is 26.8 Å². The number of anilines is 1. The summed E-state index contributed by atoms with van der Waals surface area (Å²) < 4.78 is 4.99. The average Bonchev–Trinajstić information content (AvgIpc) is 3.72. The van der Waals surface area contributed by atoms with Gasteiger partial charge in [-0.05, 0) is 80.0 Å². The molecule has 0 radical (unpaired) electrons. The third kappa shape index (κ3) is 4.33. The molecule has 12 heteroatoms. The number of fused-ring (bicyclic) bond motifs is 9. The van der Waals surface area contributed by atoms with Crippen LogP contribution in [-0.2, 0) is 19.1 Å². The Morgan fingerprint density at radius 2 is 1.72 bits per heavy atom. The number of phenolic OH excluding ortho intramolecular Hbond substituents is 1. The van der Waals surface area contributed by atoms with Crippen LogP contribution in [0.25, 0.3) is 0 Å². The summed E-state index contributed by atoms with van der Waals surface area (Å²) >= 11 is 2.78. The minimum absolute atomic E-state index is 0.0264. The van der Waals surface area contributed by atoms with E-state index < -0.39 is 29.8 Å². The number of aromatic hydroxyl groups is 1. The van der Waals surface area contributed by atoms with Crippen LogP contribution >= 0.6 is 23.1 Å². The highest BCUT2D eigenvalue weighted by molar-refractivity contribution is 8.00. The molecule has 3 fully saturated rings. The van der Waals surface area contributed by atoms with E-state index in [-0.39, 0.29) is 58.0 Å². The first-order valence-corrected chi connectivity index (χ1v) is 16.0. The van der Waals surface area contributed by atoms with Gasteiger partial charge in [0, 0.05) is 21.7 Å². The van der Waals surface area contributed by atoms with Crippen molar-refractivity contribution in [2.75, 3.05) is 11.9 Å². The number of hydrogen-bond donors (Lipinski definition) is 3.